The molecule has 6 aromatic carbocycles. The fourth-order valence-corrected chi connectivity index (χ4v) is 6.98. The van der Waals surface area contributed by atoms with E-state index in [0.717, 1.165) is 55.2 Å². The van der Waals surface area contributed by atoms with Crippen molar-refractivity contribution in [3.63, 3.8) is 0 Å². The zero-order chi connectivity index (χ0) is 31.9. The van der Waals surface area contributed by atoms with Crippen molar-refractivity contribution in [3.8, 4) is 27.9 Å². The molecule has 0 bridgehead atoms. The zero-order valence-corrected chi connectivity index (χ0v) is 27.0. The average molecular weight is 612 g/mol. The van der Waals surface area contributed by atoms with Gasteiger partial charge in [-0.1, -0.05) is 91.0 Å². The van der Waals surface area contributed by atoms with Gasteiger partial charge in [-0.2, -0.15) is 0 Å². The van der Waals surface area contributed by atoms with Gasteiger partial charge in [-0.05, 0) is 97.9 Å². The van der Waals surface area contributed by atoms with Crippen LogP contribution in [0, 0.1) is 0 Å². The molecule has 3 heterocycles. The fourth-order valence-electron chi connectivity index (χ4n) is 6.98. The number of benzene rings is 6. The first-order valence-corrected chi connectivity index (χ1v) is 16.3. The maximum atomic E-state index is 6.49. The van der Waals surface area contributed by atoms with Crippen LogP contribution in [0.25, 0.3) is 71.7 Å². The Kier molecular flexibility index (Phi) is 6.11. The van der Waals surface area contributed by atoms with Crippen molar-refractivity contribution in [3.05, 3.63) is 133 Å². The molecule has 228 valence electrons. The second-order valence-corrected chi connectivity index (χ2v) is 13.7. The average Bonchev–Trinajstić information content (AvgIpc) is 3.69. The van der Waals surface area contributed by atoms with Crippen molar-refractivity contribution in [1.29, 1.82) is 0 Å². The number of hydrogen-bond acceptors (Lipinski definition) is 3. The lowest BCUT2D eigenvalue weighted by Gasteiger charge is -2.32. The molecule has 47 heavy (non-hydrogen) atoms. The molecule has 0 saturated carbocycles. The van der Waals surface area contributed by atoms with E-state index in [4.69, 9.17) is 13.7 Å². The third-order valence-corrected chi connectivity index (χ3v) is 10.2. The van der Waals surface area contributed by atoms with Gasteiger partial charge in [-0.25, -0.2) is 0 Å². The van der Waals surface area contributed by atoms with Crippen molar-refractivity contribution in [2.75, 3.05) is 0 Å². The summed E-state index contributed by atoms with van der Waals surface area (Å²) < 4.78 is 21.6. The summed E-state index contributed by atoms with van der Waals surface area (Å²) in [5, 5.41) is 4.66. The minimum atomic E-state index is -0.447. The molecule has 1 aliphatic heterocycles. The molecule has 1 fully saturated rings. The van der Waals surface area contributed by atoms with Gasteiger partial charge in [-0.3, -0.25) is 0 Å². The molecule has 5 heteroatoms. The zero-order valence-electron chi connectivity index (χ0n) is 27.0. The summed E-state index contributed by atoms with van der Waals surface area (Å²) in [5.74, 6) is 0. The van der Waals surface area contributed by atoms with Gasteiger partial charge in [0.25, 0.3) is 0 Å². The van der Waals surface area contributed by atoms with E-state index in [-0.39, 0.29) is 0 Å². The molecule has 0 aliphatic carbocycles. The molecule has 8 aromatic rings. The Bertz CT molecular complexity index is 2470. The summed E-state index contributed by atoms with van der Waals surface area (Å²) in [7, 11) is -0.447. The maximum Gasteiger partial charge on any atom is 0.494 e. The molecule has 0 N–H and O–H groups in total. The monoisotopic (exact) mass is 611 g/mol. The number of fused-ring (bicyclic) bond motifs is 6. The van der Waals surface area contributed by atoms with Gasteiger partial charge in [0.15, 0.2) is 0 Å². The summed E-state index contributed by atoms with van der Waals surface area (Å²) in [5.41, 5.74) is 9.94. The molecule has 0 atom stereocenters. The Balaban J connectivity index is 1.24. The third-order valence-electron chi connectivity index (χ3n) is 10.2. The lowest BCUT2D eigenvalue weighted by molar-refractivity contribution is 0.00578. The Morgan fingerprint density at radius 1 is 0.468 bits per heavy atom. The smallest absolute Gasteiger partial charge is 0.456 e. The molecule has 0 radical (unpaired) electrons. The van der Waals surface area contributed by atoms with Gasteiger partial charge >= 0.3 is 7.12 Å². The lowest BCUT2D eigenvalue weighted by atomic mass is 9.79. The van der Waals surface area contributed by atoms with Crippen LogP contribution in [0.1, 0.15) is 27.7 Å². The van der Waals surface area contributed by atoms with E-state index in [0.29, 0.717) is 0 Å². The summed E-state index contributed by atoms with van der Waals surface area (Å²) >= 11 is 0. The van der Waals surface area contributed by atoms with E-state index < -0.39 is 18.3 Å². The molecule has 1 aliphatic rings. The van der Waals surface area contributed by atoms with Crippen molar-refractivity contribution in [2.45, 2.75) is 38.9 Å². The highest BCUT2D eigenvalue weighted by Gasteiger charge is 2.51. The van der Waals surface area contributed by atoms with Gasteiger partial charge in [0, 0.05) is 27.2 Å². The maximum absolute atomic E-state index is 6.49. The first-order valence-electron chi connectivity index (χ1n) is 16.3. The van der Waals surface area contributed by atoms with E-state index in [1.807, 2.05) is 12.1 Å². The molecule has 0 unspecified atom stereocenters. The predicted molar refractivity (Wildman–Crippen MR) is 195 cm³/mol. The minimum absolute atomic E-state index is 0.417. The van der Waals surface area contributed by atoms with Gasteiger partial charge in [-0.15, -0.1) is 0 Å². The minimum Gasteiger partial charge on any atom is -0.456 e. The second kappa shape index (κ2) is 10.2. The topological polar surface area (TPSA) is 36.5 Å². The van der Waals surface area contributed by atoms with E-state index in [1.165, 1.54) is 21.9 Å². The highest BCUT2D eigenvalue weighted by Crippen LogP contribution is 2.39. The van der Waals surface area contributed by atoms with Crippen LogP contribution >= 0.6 is 0 Å². The van der Waals surface area contributed by atoms with Gasteiger partial charge < -0.3 is 18.3 Å². The van der Waals surface area contributed by atoms with E-state index in [2.05, 4.69) is 154 Å². The van der Waals surface area contributed by atoms with E-state index in [1.54, 1.807) is 0 Å². The normalized spacial score (nSPS) is 15.8. The van der Waals surface area contributed by atoms with Crippen LogP contribution < -0.4 is 5.46 Å². The molecule has 0 spiro atoms. The molecule has 2 aromatic heterocycles. The lowest BCUT2D eigenvalue weighted by Crippen LogP contribution is -2.41. The fraction of sp³-hybridized carbons (Fsp3) is 0.143. The van der Waals surface area contributed by atoms with Gasteiger partial charge in [0.2, 0.25) is 0 Å². The summed E-state index contributed by atoms with van der Waals surface area (Å²) in [6.07, 6.45) is 0. The van der Waals surface area contributed by atoms with Crippen molar-refractivity contribution in [1.82, 2.24) is 4.57 Å². The summed E-state index contributed by atoms with van der Waals surface area (Å²) in [6.45, 7) is 8.40. The van der Waals surface area contributed by atoms with Crippen LogP contribution in [0.5, 0.6) is 0 Å². The molecular formula is C42H34BNO3. The number of aromatic nitrogens is 1. The molecule has 9 rings (SSSR count). The first-order chi connectivity index (χ1) is 22.8. The van der Waals surface area contributed by atoms with Crippen LogP contribution in [0.3, 0.4) is 0 Å². The second-order valence-electron chi connectivity index (χ2n) is 13.7. The van der Waals surface area contributed by atoms with Gasteiger partial charge in [0.05, 0.1) is 22.2 Å². The summed E-state index contributed by atoms with van der Waals surface area (Å²) in [6, 6.07) is 47.5. The van der Waals surface area contributed by atoms with Crippen LogP contribution in [-0.2, 0) is 9.31 Å². The number of para-hydroxylation sites is 1. The summed E-state index contributed by atoms with van der Waals surface area (Å²) in [4.78, 5) is 0. The first kappa shape index (κ1) is 28.2. The molecule has 0 amide bonds. The predicted octanol–water partition coefficient (Wildman–Crippen LogP) is 10.3. The molecular weight excluding hydrogens is 577 g/mol. The molecule has 1 saturated heterocycles. The Hall–Kier alpha value is -5.10. The highest BCUT2D eigenvalue weighted by molar-refractivity contribution is 6.62. The Morgan fingerprint density at radius 3 is 1.85 bits per heavy atom. The highest BCUT2D eigenvalue weighted by atomic mass is 16.7. The quantitative estimate of drug-likeness (QED) is 0.186. The number of hydrogen-bond donors (Lipinski definition) is 0. The van der Waals surface area contributed by atoms with Crippen LogP contribution in [0.4, 0.5) is 0 Å². The van der Waals surface area contributed by atoms with Crippen LogP contribution in [0.2, 0.25) is 0 Å². The Morgan fingerprint density at radius 2 is 1.06 bits per heavy atom. The largest absolute Gasteiger partial charge is 0.494 e. The van der Waals surface area contributed by atoms with Gasteiger partial charge in [0.1, 0.15) is 11.2 Å². The number of rotatable bonds is 4. The Labute approximate surface area is 274 Å². The number of nitrogens with zero attached hydrogens (tertiary/aromatic N) is 1. The van der Waals surface area contributed by atoms with E-state index >= 15 is 0 Å². The van der Waals surface area contributed by atoms with Crippen molar-refractivity contribution >= 4 is 56.3 Å². The third kappa shape index (κ3) is 4.45. The van der Waals surface area contributed by atoms with Crippen molar-refractivity contribution in [2.24, 2.45) is 0 Å². The molecule has 4 nitrogen and oxygen atoms in total. The number of furan rings is 1. The van der Waals surface area contributed by atoms with Crippen LogP contribution in [-0.4, -0.2) is 22.9 Å². The van der Waals surface area contributed by atoms with Crippen LogP contribution in [0.15, 0.2) is 138 Å². The SMILES string of the molecule is CC1(C)OB(c2ccc3c4ccc(-c5ccccc5)cc4n(-c4cccc(-c5ccc6c(c5)oc5ccccc56)c4)c3c2)OC1(C)C. The van der Waals surface area contributed by atoms with E-state index in [9.17, 15) is 0 Å². The standard InChI is InChI=1S/C42H34BNO3/c1-41(2)42(3,4)47-43(46-41)31-19-22-34-33-20-17-29(27-11-6-5-7-12-27)24-37(33)44(38(34)26-31)32-14-10-13-28(23-32)30-18-21-36-35-15-8-9-16-39(35)45-40(36)25-30/h5-26H,1-4H3. The van der Waals surface area contributed by atoms with Crippen molar-refractivity contribution < 1.29 is 13.7 Å².